The molecule has 1 rings (SSSR count). The number of ether oxygens (including phenoxy) is 2. The molecular formula is C16H20N2O4. The fraction of sp³-hybridized carbons (Fsp3) is 0.375. The van der Waals surface area contributed by atoms with Gasteiger partial charge in [0.1, 0.15) is 13.1 Å². The van der Waals surface area contributed by atoms with Gasteiger partial charge in [0.15, 0.2) is 0 Å². The first kappa shape index (κ1) is 17.6. The van der Waals surface area contributed by atoms with Crippen molar-refractivity contribution in [2.24, 2.45) is 9.98 Å². The number of nitrogens with zero attached hydrogens (tertiary/aromatic N) is 2. The molecule has 0 aliphatic carbocycles. The molecule has 6 nitrogen and oxygen atoms in total. The molecule has 0 saturated carbocycles. The molecule has 1 aromatic carbocycles. The van der Waals surface area contributed by atoms with Gasteiger partial charge < -0.3 is 9.47 Å². The van der Waals surface area contributed by atoms with Crippen LogP contribution in [0.4, 0.5) is 0 Å². The summed E-state index contributed by atoms with van der Waals surface area (Å²) in [6.45, 7) is 4.24. The second kappa shape index (κ2) is 10.3. The molecule has 0 atom stereocenters. The number of rotatable bonds is 8. The maximum absolute atomic E-state index is 11.1. The normalized spacial score (nSPS) is 11.0. The topological polar surface area (TPSA) is 77.3 Å². The largest absolute Gasteiger partial charge is 0.465 e. The number of esters is 2. The van der Waals surface area contributed by atoms with E-state index in [1.54, 1.807) is 26.3 Å². The van der Waals surface area contributed by atoms with Crippen LogP contribution < -0.4 is 0 Å². The molecule has 118 valence electrons. The molecule has 0 saturated heterocycles. The smallest absolute Gasteiger partial charge is 0.327 e. The Bertz CT molecular complexity index is 487. The number of carbonyl (C=O) groups excluding carboxylic acids is 2. The predicted molar refractivity (Wildman–Crippen MR) is 84.6 cm³/mol. The Hall–Kier alpha value is -2.50. The van der Waals surface area contributed by atoms with Crippen LogP contribution in [0.3, 0.4) is 0 Å². The SMILES string of the molecule is CCOC(=O)CN=Cc1ccc(C=NCC(=O)OCC)cc1. The molecule has 6 heteroatoms. The molecule has 0 bridgehead atoms. The minimum absolute atomic E-state index is 0.0105. The fourth-order valence-corrected chi connectivity index (χ4v) is 1.53. The second-order valence-corrected chi connectivity index (χ2v) is 4.22. The van der Waals surface area contributed by atoms with E-state index in [0.717, 1.165) is 11.1 Å². The first-order valence-electron chi connectivity index (χ1n) is 7.06. The third-order valence-corrected chi connectivity index (χ3v) is 2.47. The van der Waals surface area contributed by atoms with E-state index < -0.39 is 0 Å². The Balaban J connectivity index is 2.45. The number of hydrogen-bond donors (Lipinski definition) is 0. The lowest BCUT2D eigenvalue weighted by Gasteiger charge is -1.98. The van der Waals surface area contributed by atoms with Crippen LogP contribution in [0.15, 0.2) is 34.3 Å². The highest BCUT2D eigenvalue weighted by atomic mass is 16.5. The summed E-state index contributed by atoms with van der Waals surface area (Å²) < 4.78 is 9.54. The molecular weight excluding hydrogens is 284 g/mol. The zero-order chi connectivity index (χ0) is 16.2. The van der Waals surface area contributed by atoms with Gasteiger partial charge in [-0.3, -0.25) is 19.6 Å². The zero-order valence-corrected chi connectivity index (χ0v) is 12.8. The van der Waals surface area contributed by atoms with Crippen LogP contribution in [0.25, 0.3) is 0 Å². The van der Waals surface area contributed by atoms with Crippen molar-refractivity contribution in [2.45, 2.75) is 13.8 Å². The molecule has 0 spiro atoms. The van der Waals surface area contributed by atoms with Crippen molar-refractivity contribution in [1.82, 2.24) is 0 Å². The zero-order valence-electron chi connectivity index (χ0n) is 12.8. The number of aliphatic imine (C=N–C) groups is 2. The lowest BCUT2D eigenvalue weighted by molar-refractivity contribution is -0.142. The summed E-state index contributed by atoms with van der Waals surface area (Å²) in [6.07, 6.45) is 3.22. The van der Waals surface area contributed by atoms with Crippen LogP contribution in [0.2, 0.25) is 0 Å². The Kier molecular flexibility index (Phi) is 8.18. The van der Waals surface area contributed by atoms with Crippen molar-refractivity contribution < 1.29 is 19.1 Å². The lowest BCUT2D eigenvalue weighted by atomic mass is 10.1. The quantitative estimate of drug-likeness (QED) is 0.540. The lowest BCUT2D eigenvalue weighted by Crippen LogP contribution is -2.07. The second-order valence-electron chi connectivity index (χ2n) is 4.22. The van der Waals surface area contributed by atoms with Crippen LogP contribution in [-0.4, -0.2) is 50.7 Å². The van der Waals surface area contributed by atoms with Crippen LogP contribution in [0, 0.1) is 0 Å². The van der Waals surface area contributed by atoms with Gasteiger partial charge in [0.05, 0.1) is 13.2 Å². The van der Waals surface area contributed by atoms with Crippen molar-refractivity contribution in [1.29, 1.82) is 0 Å². The summed E-state index contributed by atoms with van der Waals surface area (Å²) in [5.74, 6) is -0.692. The third-order valence-electron chi connectivity index (χ3n) is 2.47. The predicted octanol–water partition coefficient (Wildman–Crippen LogP) is 1.65. The van der Waals surface area contributed by atoms with Gasteiger partial charge in [0, 0.05) is 12.4 Å². The molecule has 1 aromatic rings. The van der Waals surface area contributed by atoms with Gasteiger partial charge in [0.2, 0.25) is 0 Å². The van der Waals surface area contributed by atoms with E-state index in [1.165, 1.54) is 0 Å². The summed E-state index contributed by atoms with van der Waals surface area (Å²) in [5.41, 5.74) is 1.73. The van der Waals surface area contributed by atoms with Gasteiger partial charge in [-0.15, -0.1) is 0 Å². The summed E-state index contributed by atoms with van der Waals surface area (Å²) in [5, 5.41) is 0. The standard InChI is InChI=1S/C16H20N2O4/c1-3-21-15(19)11-17-9-13-5-7-14(8-6-13)10-18-12-16(20)22-4-2/h5-10H,3-4,11-12H2,1-2H3. The van der Waals surface area contributed by atoms with E-state index in [-0.39, 0.29) is 25.0 Å². The first-order valence-corrected chi connectivity index (χ1v) is 7.06. The van der Waals surface area contributed by atoms with Crippen molar-refractivity contribution >= 4 is 24.4 Å². The summed E-state index contributed by atoms with van der Waals surface area (Å²) >= 11 is 0. The Labute approximate surface area is 129 Å². The van der Waals surface area contributed by atoms with Crippen LogP contribution in [0.5, 0.6) is 0 Å². The molecule has 0 aliphatic heterocycles. The van der Waals surface area contributed by atoms with Crippen LogP contribution >= 0.6 is 0 Å². The molecule has 0 fully saturated rings. The maximum Gasteiger partial charge on any atom is 0.327 e. The summed E-state index contributed by atoms with van der Waals surface area (Å²) in [7, 11) is 0. The summed E-state index contributed by atoms with van der Waals surface area (Å²) in [6, 6.07) is 7.39. The molecule has 0 amide bonds. The van der Waals surface area contributed by atoms with Crippen molar-refractivity contribution in [3.8, 4) is 0 Å². The Morgan fingerprint density at radius 3 is 1.55 bits per heavy atom. The number of benzene rings is 1. The van der Waals surface area contributed by atoms with E-state index >= 15 is 0 Å². The van der Waals surface area contributed by atoms with Gasteiger partial charge in [-0.1, -0.05) is 24.3 Å². The van der Waals surface area contributed by atoms with Gasteiger partial charge in [-0.25, -0.2) is 0 Å². The van der Waals surface area contributed by atoms with Crippen molar-refractivity contribution in [3.63, 3.8) is 0 Å². The van der Waals surface area contributed by atoms with Crippen LogP contribution in [-0.2, 0) is 19.1 Å². The highest BCUT2D eigenvalue weighted by Crippen LogP contribution is 2.00. The fourth-order valence-electron chi connectivity index (χ4n) is 1.53. The molecule has 0 radical (unpaired) electrons. The van der Waals surface area contributed by atoms with Gasteiger partial charge in [0.25, 0.3) is 0 Å². The van der Waals surface area contributed by atoms with Gasteiger partial charge >= 0.3 is 11.9 Å². The number of carbonyl (C=O) groups is 2. The van der Waals surface area contributed by atoms with E-state index in [9.17, 15) is 9.59 Å². The van der Waals surface area contributed by atoms with E-state index in [2.05, 4.69) is 9.98 Å². The highest BCUT2D eigenvalue weighted by molar-refractivity contribution is 5.86. The average molecular weight is 304 g/mol. The van der Waals surface area contributed by atoms with Crippen molar-refractivity contribution in [3.05, 3.63) is 35.4 Å². The van der Waals surface area contributed by atoms with Gasteiger partial charge in [-0.05, 0) is 25.0 Å². The first-order chi connectivity index (χ1) is 10.7. The minimum atomic E-state index is -0.346. The van der Waals surface area contributed by atoms with E-state index in [1.807, 2.05) is 24.3 Å². The maximum atomic E-state index is 11.1. The molecule has 0 N–H and O–H groups in total. The van der Waals surface area contributed by atoms with Crippen molar-refractivity contribution in [2.75, 3.05) is 26.3 Å². The van der Waals surface area contributed by atoms with E-state index in [0.29, 0.717) is 13.2 Å². The molecule has 0 heterocycles. The van der Waals surface area contributed by atoms with Gasteiger partial charge in [-0.2, -0.15) is 0 Å². The van der Waals surface area contributed by atoms with E-state index in [4.69, 9.17) is 9.47 Å². The number of hydrogen-bond acceptors (Lipinski definition) is 6. The average Bonchev–Trinajstić information content (AvgIpc) is 2.49. The summed E-state index contributed by atoms with van der Waals surface area (Å²) in [4.78, 5) is 30.2. The molecule has 0 unspecified atom stereocenters. The molecule has 0 aliphatic rings. The van der Waals surface area contributed by atoms with Crippen LogP contribution in [0.1, 0.15) is 25.0 Å². The molecule has 22 heavy (non-hydrogen) atoms. The third kappa shape index (κ3) is 7.33. The highest BCUT2D eigenvalue weighted by Gasteiger charge is 1.98. The molecule has 0 aromatic heterocycles. The Morgan fingerprint density at radius 2 is 1.23 bits per heavy atom. The Morgan fingerprint density at radius 1 is 0.864 bits per heavy atom. The minimum Gasteiger partial charge on any atom is -0.465 e. The monoisotopic (exact) mass is 304 g/mol.